The molecule has 2 aromatic rings. The van der Waals surface area contributed by atoms with E-state index in [0.717, 1.165) is 12.1 Å². The Morgan fingerprint density at radius 3 is 2.55 bits per heavy atom. The summed E-state index contributed by atoms with van der Waals surface area (Å²) < 4.78 is 31.0. The molecule has 1 aliphatic heterocycles. The first-order valence-electron chi connectivity index (χ1n) is 13.4. The van der Waals surface area contributed by atoms with Gasteiger partial charge in [-0.25, -0.2) is 13.8 Å². The monoisotopic (exact) mass is 581 g/mol. The second-order valence-electron chi connectivity index (χ2n) is 11.9. The van der Waals surface area contributed by atoms with Gasteiger partial charge in [-0.05, 0) is 52.3 Å². The molecule has 40 heavy (non-hydrogen) atoms. The number of aliphatic hydroxyl groups is 1. The number of hydrogen-bond donors (Lipinski definition) is 3. The predicted octanol–water partition coefficient (Wildman–Crippen LogP) is 4.55. The van der Waals surface area contributed by atoms with Crippen molar-refractivity contribution in [3.8, 4) is 0 Å². The summed E-state index contributed by atoms with van der Waals surface area (Å²) in [6.07, 6.45) is 2.57. The molecule has 4 atom stereocenters. The van der Waals surface area contributed by atoms with Gasteiger partial charge in [0.25, 0.3) is 0 Å². The number of benzene rings is 1. The lowest BCUT2D eigenvalue weighted by atomic mass is 9.70. The highest BCUT2D eigenvalue weighted by Crippen LogP contribution is 2.44. The number of halogens is 3. The Hall–Kier alpha value is -2.76. The summed E-state index contributed by atoms with van der Waals surface area (Å²) in [6.45, 7) is 8.26. The van der Waals surface area contributed by atoms with Gasteiger partial charge in [-0.15, -0.1) is 0 Å². The fourth-order valence-electron chi connectivity index (χ4n) is 4.98. The molecule has 4 unspecified atom stereocenters. The minimum absolute atomic E-state index is 0.0553. The number of carbonyl (C=O) groups is 1. The van der Waals surface area contributed by atoms with Crippen molar-refractivity contribution in [2.75, 3.05) is 60.3 Å². The van der Waals surface area contributed by atoms with Gasteiger partial charge in [0.05, 0.1) is 23.2 Å². The molecule has 0 saturated carbocycles. The van der Waals surface area contributed by atoms with E-state index < -0.39 is 28.8 Å². The van der Waals surface area contributed by atoms with Crippen LogP contribution in [0.15, 0.2) is 24.4 Å². The number of anilines is 5. The molecule has 3 rings (SSSR count). The Kier molecular flexibility index (Phi) is 9.53. The van der Waals surface area contributed by atoms with E-state index in [2.05, 4.69) is 15.3 Å². The van der Waals surface area contributed by atoms with Gasteiger partial charge in [0, 0.05) is 57.8 Å². The number of alkyl halides is 2. The number of nitrogens with one attached hydrogen (secondary N) is 1. The lowest BCUT2D eigenvalue weighted by Crippen LogP contribution is -2.61. The first-order chi connectivity index (χ1) is 18.5. The van der Waals surface area contributed by atoms with E-state index in [9.17, 15) is 9.90 Å². The second kappa shape index (κ2) is 12.0. The average Bonchev–Trinajstić information content (AvgIpc) is 2.86. The molecular weight excluding hydrogens is 540 g/mol. The SMILES string of the molecule is CC1CN(c2ncc(Cl)c(Nc3ccc(N(C)C)c(N(C=O)CCC(C)(C)O)c3)n2)CC(C(C)(F)CN)C1(C)F. The van der Waals surface area contributed by atoms with Crippen LogP contribution in [0.5, 0.6) is 0 Å². The Morgan fingerprint density at radius 1 is 1.30 bits per heavy atom. The highest BCUT2D eigenvalue weighted by Gasteiger charge is 2.53. The molecule has 12 heteroatoms. The van der Waals surface area contributed by atoms with Crippen LogP contribution in [0.2, 0.25) is 5.02 Å². The van der Waals surface area contributed by atoms with Crippen molar-refractivity contribution in [3.05, 3.63) is 29.4 Å². The smallest absolute Gasteiger partial charge is 0.227 e. The molecule has 1 saturated heterocycles. The van der Waals surface area contributed by atoms with Crippen LogP contribution in [0.25, 0.3) is 0 Å². The van der Waals surface area contributed by atoms with Crippen LogP contribution < -0.4 is 25.8 Å². The van der Waals surface area contributed by atoms with Gasteiger partial charge in [0.2, 0.25) is 12.4 Å². The number of hydrogen-bond acceptors (Lipinski definition) is 8. The lowest BCUT2D eigenvalue weighted by molar-refractivity contribution is -0.107. The Balaban J connectivity index is 1.93. The van der Waals surface area contributed by atoms with Gasteiger partial charge < -0.3 is 30.9 Å². The van der Waals surface area contributed by atoms with Crippen LogP contribution in [0.4, 0.5) is 37.6 Å². The van der Waals surface area contributed by atoms with Crippen LogP contribution >= 0.6 is 11.6 Å². The molecule has 1 aromatic heterocycles. The topological polar surface area (TPSA) is 111 Å². The molecule has 0 aliphatic carbocycles. The molecule has 0 radical (unpaired) electrons. The zero-order valence-corrected chi connectivity index (χ0v) is 25.1. The summed E-state index contributed by atoms with van der Waals surface area (Å²) in [5.41, 5.74) is 3.12. The molecule has 4 N–H and O–H groups in total. The van der Waals surface area contributed by atoms with Crippen LogP contribution in [-0.2, 0) is 4.79 Å². The van der Waals surface area contributed by atoms with Gasteiger partial charge in [-0.1, -0.05) is 18.5 Å². The maximum Gasteiger partial charge on any atom is 0.227 e. The van der Waals surface area contributed by atoms with Crippen LogP contribution in [0.1, 0.15) is 41.0 Å². The fraction of sp³-hybridized carbons (Fsp3) is 0.607. The van der Waals surface area contributed by atoms with Crippen molar-refractivity contribution in [2.45, 2.75) is 58.0 Å². The zero-order chi connectivity index (χ0) is 30.0. The number of amides is 1. The molecule has 1 aromatic carbocycles. The number of nitrogens with two attached hydrogens (primary N) is 1. The van der Waals surface area contributed by atoms with Crippen molar-refractivity contribution in [1.29, 1.82) is 0 Å². The normalized spacial score (nSPS) is 22.9. The van der Waals surface area contributed by atoms with Crippen LogP contribution in [0, 0.1) is 11.8 Å². The molecule has 1 amide bonds. The largest absolute Gasteiger partial charge is 0.390 e. The summed E-state index contributed by atoms with van der Waals surface area (Å²) in [5.74, 6) is -0.882. The molecule has 1 aliphatic rings. The summed E-state index contributed by atoms with van der Waals surface area (Å²) in [6, 6.07) is 5.50. The van der Waals surface area contributed by atoms with Crippen LogP contribution in [0.3, 0.4) is 0 Å². The standard InChI is InChI=1S/C28H42ClF2N7O2/c1-18-14-38(15-23(28(18,5)31)27(4,30)16-32)25-33-13-20(29)24(35-25)34-19-8-9-21(36(6)7)22(12-19)37(17-39)11-10-26(2,3)40/h8-9,12-13,17-18,23,40H,10-11,14-16,32H2,1-7H3,(H,33,34,35). The Morgan fingerprint density at radius 2 is 1.98 bits per heavy atom. The van der Waals surface area contributed by atoms with E-state index in [1.165, 1.54) is 20.0 Å². The molecule has 222 valence electrons. The van der Waals surface area contributed by atoms with Crippen molar-refractivity contribution < 1.29 is 18.7 Å². The number of aromatic nitrogens is 2. The third-order valence-corrected chi connectivity index (χ3v) is 8.08. The molecule has 1 fully saturated rings. The van der Waals surface area contributed by atoms with Gasteiger partial charge in [0.1, 0.15) is 16.4 Å². The van der Waals surface area contributed by atoms with E-state index in [0.29, 0.717) is 36.7 Å². The first kappa shape index (κ1) is 31.8. The number of piperidine rings is 1. The third-order valence-electron chi connectivity index (χ3n) is 7.80. The summed E-state index contributed by atoms with van der Waals surface area (Å²) in [5, 5.41) is 13.6. The van der Waals surface area contributed by atoms with Gasteiger partial charge in [-0.3, -0.25) is 4.79 Å². The maximum atomic E-state index is 15.6. The van der Waals surface area contributed by atoms with E-state index in [1.54, 1.807) is 36.6 Å². The quantitative estimate of drug-likeness (QED) is 0.332. The summed E-state index contributed by atoms with van der Waals surface area (Å²) >= 11 is 6.45. The predicted molar refractivity (Wildman–Crippen MR) is 158 cm³/mol. The van der Waals surface area contributed by atoms with Gasteiger partial charge in [0.15, 0.2) is 5.82 Å². The average molecular weight is 582 g/mol. The molecule has 2 heterocycles. The zero-order valence-electron chi connectivity index (χ0n) is 24.4. The van der Waals surface area contributed by atoms with Crippen molar-refractivity contribution in [3.63, 3.8) is 0 Å². The third kappa shape index (κ3) is 7.11. The molecule has 0 bridgehead atoms. The van der Waals surface area contributed by atoms with E-state index in [1.807, 2.05) is 31.1 Å². The number of rotatable bonds is 11. The van der Waals surface area contributed by atoms with Crippen LogP contribution in [-0.4, -0.2) is 78.7 Å². The van der Waals surface area contributed by atoms with Gasteiger partial charge >= 0.3 is 0 Å². The highest BCUT2D eigenvalue weighted by molar-refractivity contribution is 6.32. The minimum Gasteiger partial charge on any atom is -0.390 e. The maximum absolute atomic E-state index is 15.6. The number of carbonyl (C=O) groups excluding carboxylic acids is 1. The first-order valence-corrected chi connectivity index (χ1v) is 13.8. The summed E-state index contributed by atoms with van der Waals surface area (Å²) in [7, 11) is 3.75. The summed E-state index contributed by atoms with van der Waals surface area (Å²) in [4.78, 5) is 26.2. The van der Waals surface area contributed by atoms with Crippen molar-refractivity contribution in [1.82, 2.24) is 9.97 Å². The van der Waals surface area contributed by atoms with E-state index in [4.69, 9.17) is 17.3 Å². The van der Waals surface area contributed by atoms with Crippen molar-refractivity contribution >= 4 is 46.8 Å². The molecular formula is C28H42ClF2N7O2. The van der Waals surface area contributed by atoms with E-state index >= 15 is 8.78 Å². The highest BCUT2D eigenvalue weighted by atomic mass is 35.5. The van der Waals surface area contributed by atoms with E-state index in [-0.39, 0.29) is 24.1 Å². The Labute approximate surface area is 240 Å². The fourth-order valence-corrected chi connectivity index (χ4v) is 5.12. The molecule has 0 spiro atoms. The van der Waals surface area contributed by atoms with Crippen molar-refractivity contribution in [2.24, 2.45) is 17.6 Å². The van der Waals surface area contributed by atoms with Gasteiger partial charge in [-0.2, -0.15) is 4.98 Å². The Bertz CT molecular complexity index is 1190. The minimum atomic E-state index is -1.91. The second-order valence-corrected chi connectivity index (χ2v) is 12.3. The molecule has 9 nitrogen and oxygen atoms in total. The number of nitrogens with zero attached hydrogens (tertiary/aromatic N) is 5. The lowest BCUT2D eigenvalue weighted by Gasteiger charge is -2.49.